The number of hydrogen-bond donors (Lipinski definition) is 1. The molecular weight excluding hydrogens is 344 g/mol. The van der Waals surface area contributed by atoms with Crippen LogP contribution in [0.5, 0.6) is 5.75 Å². The molecule has 1 aliphatic rings. The highest BCUT2D eigenvalue weighted by Gasteiger charge is 2.18. The number of carbonyl (C=O) groups is 1. The van der Waals surface area contributed by atoms with Crippen LogP contribution in [-0.4, -0.2) is 42.8 Å². The maximum absolute atomic E-state index is 12.6. The molecular formula is C21H26N2O2S. The molecule has 1 aliphatic heterocycles. The molecule has 0 aliphatic carbocycles. The van der Waals surface area contributed by atoms with E-state index in [0.717, 1.165) is 48.0 Å². The summed E-state index contributed by atoms with van der Waals surface area (Å²) < 4.78 is 6.06. The Morgan fingerprint density at radius 2 is 1.85 bits per heavy atom. The standard InChI is InChI=1S/C21H26N2O2S/c1-3-26-20-7-5-4-6-19(20)21(24)22-16-8-10-17(11-9-16)25-18-12-14-23(2)15-13-18/h4-11,18H,3,12-15H2,1-2H3,(H,22,24). The van der Waals surface area contributed by atoms with E-state index in [1.807, 2.05) is 48.5 Å². The van der Waals surface area contributed by atoms with Gasteiger partial charge in [0.2, 0.25) is 0 Å². The second kappa shape index (κ2) is 9.10. The molecule has 0 unspecified atom stereocenters. The Morgan fingerprint density at radius 3 is 2.54 bits per heavy atom. The van der Waals surface area contributed by atoms with Crippen molar-refractivity contribution in [2.45, 2.75) is 30.8 Å². The van der Waals surface area contributed by atoms with E-state index in [-0.39, 0.29) is 12.0 Å². The molecule has 0 atom stereocenters. The number of hydrogen-bond acceptors (Lipinski definition) is 4. The number of amides is 1. The number of nitrogens with one attached hydrogen (secondary N) is 1. The van der Waals surface area contributed by atoms with E-state index in [4.69, 9.17) is 4.74 Å². The molecule has 0 aromatic heterocycles. The lowest BCUT2D eigenvalue weighted by atomic mass is 10.1. The van der Waals surface area contributed by atoms with Crippen LogP contribution < -0.4 is 10.1 Å². The normalized spacial score (nSPS) is 15.6. The summed E-state index contributed by atoms with van der Waals surface area (Å²) in [6.45, 7) is 4.24. The molecule has 2 aromatic rings. The lowest BCUT2D eigenvalue weighted by molar-refractivity contribution is 0.102. The Balaban J connectivity index is 1.60. The number of nitrogens with zero attached hydrogens (tertiary/aromatic N) is 1. The van der Waals surface area contributed by atoms with Crippen LogP contribution in [0.3, 0.4) is 0 Å². The minimum atomic E-state index is -0.0782. The number of piperidine rings is 1. The van der Waals surface area contributed by atoms with Crippen molar-refractivity contribution in [2.24, 2.45) is 0 Å². The van der Waals surface area contributed by atoms with Gasteiger partial charge < -0.3 is 15.0 Å². The number of likely N-dealkylation sites (tertiary alicyclic amines) is 1. The monoisotopic (exact) mass is 370 g/mol. The smallest absolute Gasteiger partial charge is 0.256 e. The minimum Gasteiger partial charge on any atom is -0.490 e. The van der Waals surface area contributed by atoms with Gasteiger partial charge >= 0.3 is 0 Å². The summed E-state index contributed by atoms with van der Waals surface area (Å²) in [6, 6.07) is 15.4. The molecule has 138 valence electrons. The fraction of sp³-hybridized carbons (Fsp3) is 0.381. The van der Waals surface area contributed by atoms with Crippen molar-refractivity contribution >= 4 is 23.4 Å². The zero-order chi connectivity index (χ0) is 18.4. The van der Waals surface area contributed by atoms with E-state index in [1.165, 1.54) is 0 Å². The Kier molecular flexibility index (Phi) is 6.58. The molecule has 3 rings (SSSR count). The molecule has 0 radical (unpaired) electrons. The lowest BCUT2D eigenvalue weighted by Gasteiger charge is -2.29. The van der Waals surface area contributed by atoms with Crippen LogP contribution in [0.15, 0.2) is 53.4 Å². The van der Waals surface area contributed by atoms with Crippen LogP contribution in [0.4, 0.5) is 5.69 Å². The molecule has 1 fully saturated rings. The van der Waals surface area contributed by atoms with E-state index in [0.29, 0.717) is 5.56 Å². The minimum absolute atomic E-state index is 0.0782. The van der Waals surface area contributed by atoms with Gasteiger partial charge in [0, 0.05) is 23.7 Å². The summed E-state index contributed by atoms with van der Waals surface area (Å²) in [7, 11) is 2.14. The number of thioether (sulfide) groups is 1. The van der Waals surface area contributed by atoms with Gasteiger partial charge in [-0.2, -0.15) is 0 Å². The van der Waals surface area contributed by atoms with Gasteiger partial charge in [-0.15, -0.1) is 11.8 Å². The molecule has 26 heavy (non-hydrogen) atoms. The number of benzene rings is 2. The number of rotatable bonds is 6. The first-order chi connectivity index (χ1) is 12.7. The van der Waals surface area contributed by atoms with Crippen molar-refractivity contribution < 1.29 is 9.53 Å². The summed E-state index contributed by atoms with van der Waals surface area (Å²) in [5, 5.41) is 2.98. The average molecular weight is 371 g/mol. The Bertz CT molecular complexity index is 725. The molecule has 1 amide bonds. The van der Waals surface area contributed by atoms with Crippen LogP contribution in [-0.2, 0) is 0 Å². The van der Waals surface area contributed by atoms with Gasteiger partial charge in [0.25, 0.3) is 5.91 Å². The number of anilines is 1. The van der Waals surface area contributed by atoms with E-state index < -0.39 is 0 Å². The fourth-order valence-corrected chi connectivity index (χ4v) is 3.85. The fourth-order valence-electron chi connectivity index (χ4n) is 3.05. The quantitative estimate of drug-likeness (QED) is 0.759. The van der Waals surface area contributed by atoms with Gasteiger partial charge in [0.05, 0.1) is 5.56 Å². The molecule has 5 heteroatoms. The highest BCUT2D eigenvalue weighted by atomic mass is 32.2. The predicted octanol–water partition coefficient (Wildman–Crippen LogP) is 4.52. The predicted molar refractivity (Wildman–Crippen MR) is 108 cm³/mol. The van der Waals surface area contributed by atoms with Crippen molar-refractivity contribution in [3.05, 3.63) is 54.1 Å². The van der Waals surface area contributed by atoms with E-state index in [1.54, 1.807) is 11.8 Å². The maximum Gasteiger partial charge on any atom is 0.256 e. The number of ether oxygens (including phenoxy) is 1. The summed E-state index contributed by atoms with van der Waals surface area (Å²) >= 11 is 1.68. The van der Waals surface area contributed by atoms with E-state index in [9.17, 15) is 4.79 Å². The average Bonchev–Trinajstić information content (AvgIpc) is 2.66. The first kappa shape index (κ1) is 18.8. The molecule has 0 saturated carbocycles. The third-order valence-electron chi connectivity index (χ3n) is 4.51. The van der Waals surface area contributed by atoms with Gasteiger partial charge in [0.15, 0.2) is 0 Å². The third-order valence-corrected chi connectivity index (χ3v) is 5.47. The molecule has 0 bridgehead atoms. The van der Waals surface area contributed by atoms with Gasteiger partial charge in [-0.1, -0.05) is 19.1 Å². The van der Waals surface area contributed by atoms with Gasteiger partial charge in [-0.3, -0.25) is 4.79 Å². The van der Waals surface area contributed by atoms with Gasteiger partial charge in [-0.05, 0) is 62.0 Å². The molecule has 1 saturated heterocycles. The highest BCUT2D eigenvalue weighted by molar-refractivity contribution is 7.99. The van der Waals surface area contributed by atoms with Crippen molar-refractivity contribution in [3.8, 4) is 5.75 Å². The van der Waals surface area contributed by atoms with Crippen LogP contribution >= 0.6 is 11.8 Å². The van der Waals surface area contributed by atoms with Gasteiger partial charge in [0.1, 0.15) is 11.9 Å². The Hall–Kier alpha value is -1.98. The molecule has 1 N–H and O–H groups in total. The maximum atomic E-state index is 12.6. The Morgan fingerprint density at radius 1 is 1.15 bits per heavy atom. The lowest BCUT2D eigenvalue weighted by Crippen LogP contribution is -2.35. The second-order valence-corrected chi connectivity index (χ2v) is 7.83. The van der Waals surface area contributed by atoms with Crippen molar-refractivity contribution in [3.63, 3.8) is 0 Å². The van der Waals surface area contributed by atoms with E-state index >= 15 is 0 Å². The topological polar surface area (TPSA) is 41.6 Å². The molecule has 4 nitrogen and oxygen atoms in total. The first-order valence-electron chi connectivity index (χ1n) is 9.14. The third kappa shape index (κ3) is 5.02. The van der Waals surface area contributed by atoms with Crippen molar-refractivity contribution in [2.75, 3.05) is 31.2 Å². The van der Waals surface area contributed by atoms with Crippen molar-refractivity contribution in [1.82, 2.24) is 4.90 Å². The van der Waals surface area contributed by atoms with Crippen LogP contribution in [0, 0.1) is 0 Å². The van der Waals surface area contributed by atoms with Crippen LogP contribution in [0.25, 0.3) is 0 Å². The van der Waals surface area contributed by atoms with E-state index in [2.05, 4.69) is 24.2 Å². The Labute approximate surface area is 159 Å². The largest absolute Gasteiger partial charge is 0.490 e. The highest BCUT2D eigenvalue weighted by Crippen LogP contribution is 2.24. The van der Waals surface area contributed by atoms with Crippen LogP contribution in [0.1, 0.15) is 30.1 Å². The number of carbonyl (C=O) groups excluding carboxylic acids is 1. The zero-order valence-electron chi connectivity index (χ0n) is 15.4. The van der Waals surface area contributed by atoms with Crippen LogP contribution in [0.2, 0.25) is 0 Å². The molecule has 0 spiro atoms. The van der Waals surface area contributed by atoms with Gasteiger partial charge in [-0.25, -0.2) is 0 Å². The summed E-state index contributed by atoms with van der Waals surface area (Å²) in [5.41, 5.74) is 1.49. The first-order valence-corrected chi connectivity index (χ1v) is 10.1. The molecule has 2 aromatic carbocycles. The summed E-state index contributed by atoms with van der Waals surface area (Å²) in [4.78, 5) is 15.9. The zero-order valence-corrected chi connectivity index (χ0v) is 16.2. The molecule has 1 heterocycles. The summed E-state index contributed by atoms with van der Waals surface area (Å²) in [5.74, 6) is 1.72. The summed E-state index contributed by atoms with van der Waals surface area (Å²) in [6.07, 6.45) is 2.39. The second-order valence-electron chi connectivity index (χ2n) is 6.53. The van der Waals surface area contributed by atoms with Crippen molar-refractivity contribution in [1.29, 1.82) is 0 Å². The SMILES string of the molecule is CCSc1ccccc1C(=O)Nc1ccc(OC2CCN(C)CC2)cc1.